The minimum absolute atomic E-state index is 0.00300. The lowest BCUT2D eigenvalue weighted by molar-refractivity contribution is 0.412. The van der Waals surface area contributed by atoms with E-state index in [-0.39, 0.29) is 16.0 Å². The zero-order valence-electron chi connectivity index (χ0n) is 12.0. The number of sulfonamides is 1. The van der Waals surface area contributed by atoms with E-state index in [0.717, 1.165) is 25.7 Å². The van der Waals surface area contributed by atoms with Crippen molar-refractivity contribution in [1.82, 2.24) is 10.0 Å². The highest BCUT2D eigenvalue weighted by molar-refractivity contribution is 7.89. The summed E-state index contributed by atoms with van der Waals surface area (Å²) in [6.07, 6.45) is 5.06. The SMILES string of the molecule is CNCc1cc(S(=O)(=O)NC2CCCCC2)c(Cl)cc1Cl. The number of nitrogens with one attached hydrogen (secondary N) is 2. The van der Waals surface area contributed by atoms with Crippen molar-refractivity contribution in [2.24, 2.45) is 0 Å². The molecule has 0 saturated heterocycles. The Kier molecular flexibility index (Phi) is 5.91. The molecule has 2 rings (SSSR count). The maximum absolute atomic E-state index is 12.5. The molecule has 1 fully saturated rings. The van der Waals surface area contributed by atoms with Crippen molar-refractivity contribution >= 4 is 33.2 Å². The third kappa shape index (κ3) is 4.33. The fourth-order valence-corrected chi connectivity index (χ4v) is 4.78. The minimum atomic E-state index is -3.62. The zero-order chi connectivity index (χ0) is 15.5. The largest absolute Gasteiger partial charge is 0.316 e. The fraction of sp³-hybridized carbons (Fsp3) is 0.571. The van der Waals surface area contributed by atoms with Crippen LogP contribution in [0.4, 0.5) is 0 Å². The van der Waals surface area contributed by atoms with Gasteiger partial charge in [-0.25, -0.2) is 13.1 Å². The lowest BCUT2D eigenvalue weighted by atomic mass is 9.96. The second-order valence-corrected chi connectivity index (χ2v) is 7.86. The predicted molar refractivity (Wildman–Crippen MR) is 86.4 cm³/mol. The van der Waals surface area contributed by atoms with E-state index < -0.39 is 10.0 Å². The van der Waals surface area contributed by atoms with E-state index in [2.05, 4.69) is 10.0 Å². The number of hydrogen-bond donors (Lipinski definition) is 2. The molecule has 1 aliphatic rings. The first-order valence-electron chi connectivity index (χ1n) is 7.09. The molecule has 1 aromatic rings. The van der Waals surface area contributed by atoms with Gasteiger partial charge in [-0.2, -0.15) is 0 Å². The Morgan fingerprint density at radius 1 is 1.14 bits per heavy atom. The molecule has 0 bridgehead atoms. The average Bonchev–Trinajstić information content (AvgIpc) is 2.42. The number of rotatable bonds is 5. The van der Waals surface area contributed by atoms with E-state index in [4.69, 9.17) is 23.2 Å². The number of hydrogen-bond acceptors (Lipinski definition) is 3. The summed E-state index contributed by atoms with van der Waals surface area (Å²) in [6.45, 7) is 0.488. The van der Waals surface area contributed by atoms with Crippen molar-refractivity contribution < 1.29 is 8.42 Å². The highest BCUT2D eigenvalue weighted by Crippen LogP contribution is 2.29. The molecule has 7 heteroatoms. The summed E-state index contributed by atoms with van der Waals surface area (Å²) in [7, 11) is -1.84. The summed E-state index contributed by atoms with van der Waals surface area (Å²) in [5, 5.41) is 3.58. The number of benzene rings is 1. The lowest BCUT2D eigenvalue weighted by Gasteiger charge is -2.23. The second-order valence-electron chi connectivity index (χ2n) is 5.36. The summed E-state index contributed by atoms with van der Waals surface area (Å²) in [5.41, 5.74) is 0.715. The topological polar surface area (TPSA) is 58.2 Å². The Morgan fingerprint density at radius 2 is 1.81 bits per heavy atom. The maximum Gasteiger partial charge on any atom is 0.242 e. The molecule has 0 unspecified atom stereocenters. The molecule has 1 saturated carbocycles. The lowest BCUT2D eigenvalue weighted by Crippen LogP contribution is -2.36. The number of halogens is 2. The van der Waals surface area contributed by atoms with Crippen LogP contribution < -0.4 is 10.0 Å². The molecule has 0 aromatic heterocycles. The van der Waals surface area contributed by atoms with Gasteiger partial charge in [0.15, 0.2) is 0 Å². The average molecular weight is 351 g/mol. The van der Waals surface area contributed by atoms with Crippen LogP contribution in [0.25, 0.3) is 0 Å². The molecule has 0 aliphatic heterocycles. The highest BCUT2D eigenvalue weighted by Gasteiger charge is 2.24. The molecule has 0 heterocycles. The molecule has 21 heavy (non-hydrogen) atoms. The zero-order valence-corrected chi connectivity index (χ0v) is 14.3. The van der Waals surface area contributed by atoms with Crippen molar-refractivity contribution in [3.8, 4) is 0 Å². The Hall–Kier alpha value is -0.330. The van der Waals surface area contributed by atoms with E-state index in [1.807, 2.05) is 0 Å². The summed E-state index contributed by atoms with van der Waals surface area (Å²) in [4.78, 5) is 0.101. The Morgan fingerprint density at radius 3 is 2.43 bits per heavy atom. The molecular weight excluding hydrogens is 331 g/mol. The van der Waals surface area contributed by atoms with Crippen molar-refractivity contribution in [3.63, 3.8) is 0 Å². The van der Waals surface area contributed by atoms with Gasteiger partial charge in [0, 0.05) is 17.6 Å². The van der Waals surface area contributed by atoms with Crippen LogP contribution in [0.3, 0.4) is 0 Å². The third-order valence-electron chi connectivity index (χ3n) is 3.68. The molecule has 4 nitrogen and oxygen atoms in total. The van der Waals surface area contributed by atoms with E-state index >= 15 is 0 Å². The third-order valence-corrected chi connectivity index (χ3v) is 6.02. The molecule has 2 N–H and O–H groups in total. The van der Waals surface area contributed by atoms with Crippen LogP contribution >= 0.6 is 23.2 Å². The first kappa shape index (κ1) is 17.0. The van der Waals surface area contributed by atoms with Crippen molar-refractivity contribution in [3.05, 3.63) is 27.7 Å². The van der Waals surface area contributed by atoms with Gasteiger partial charge in [0.25, 0.3) is 0 Å². The van der Waals surface area contributed by atoms with E-state index in [9.17, 15) is 8.42 Å². The molecule has 0 atom stereocenters. The monoisotopic (exact) mass is 350 g/mol. The van der Waals surface area contributed by atoms with Crippen LogP contribution in [0, 0.1) is 0 Å². The molecule has 1 aliphatic carbocycles. The first-order valence-corrected chi connectivity index (χ1v) is 9.33. The van der Waals surface area contributed by atoms with E-state index in [1.54, 1.807) is 13.1 Å². The van der Waals surface area contributed by atoms with Crippen LogP contribution in [0.15, 0.2) is 17.0 Å². The summed E-state index contributed by atoms with van der Waals surface area (Å²) in [5.74, 6) is 0. The quantitative estimate of drug-likeness (QED) is 0.856. The fourth-order valence-electron chi connectivity index (χ4n) is 2.61. The molecule has 1 aromatic carbocycles. The summed E-state index contributed by atoms with van der Waals surface area (Å²) < 4.78 is 27.8. The van der Waals surface area contributed by atoms with Gasteiger partial charge >= 0.3 is 0 Å². The van der Waals surface area contributed by atoms with E-state index in [1.165, 1.54) is 12.5 Å². The molecule has 0 radical (unpaired) electrons. The van der Waals surface area contributed by atoms with Crippen LogP contribution in [0.1, 0.15) is 37.7 Å². The van der Waals surface area contributed by atoms with Gasteiger partial charge in [-0.05, 0) is 37.6 Å². The van der Waals surface area contributed by atoms with E-state index in [0.29, 0.717) is 17.1 Å². The van der Waals surface area contributed by atoms with Crippen LogP contribution in [-0.2, 0) is 16.6 Å². The molecule has 118 valence electrons. The van der Waals surface area contributed by atoms with Gasteiger partial charge in [-0.3, -0.25) is 0 Å². The van der Waals surface area contributed by atoms with Crippen LogP contribution in [0.5, 0.6) is 0 Å². The standard InChI is InChI=1S/C14H20Cl2N2O2S/c1-17-9-10-7-14(13(16)8-12(10)15)21(19,20)18-11-5-3-2-4-6-11/h7-8,11,17-18H,2-6,9H2,1H3. The predicted octanol–water partition coefficient (Wildman–Crippen LogP) is 3.32. The molecular formula is C14H20Cl2N2O2S. The normalized spacial score (nSPS) is 17.1. The van der Waals surface area contributed by atoms with Gasteiger partial charge in [0.05, 0.1) is 5.02 Å². The van der Waals surface area contributed by atoms with Crippen molar-refractivity contribution in [2.75, 3.05) is 7.05 Å². The van der Waals surface area contributed by atoms with Gasteiger partial charge in [0.2, 0.25) is 10.0 Å². The Labute approximate surface area is 136 Å². The van der Waals surface area contributed by atoms with Gasteiger partial charge < -0.3 is 5.32 Å². The molecule has 0 amide bonds. The molecule has 0 spiro atoms. The summed E-state index contributed by atoms with van der Waals surface area (Å²) in [6, 6.07) is 3.04. The highest BCUT2D eigenvalue weighted by atomic mass is 35.5. The van der Waals surface area contributed by atoms with Crippen molar-refractivity contribution in [2.45, 2.75) is 49.6 Å². The van der Waals surface area contributed by atoms with Crippen LogP contribution in [-0.4, -0.2) is 21.5 Å². The van der Waals surface area contributed by atoms with Gasteiger partial charge in [-0.1, -0.05) is 42.5 Å². The smallest absolute Gasteiger partial charge is 0.242 e. The maximum atomic E-state index is 12.5. The van der Waals surface area contributed by atoms with Gasteiger partial charge in [-0.15, -0.1) is 0 Å². The Balaban J connectivity index is 2.27. The first-order chi connectivity index (χ1) is 9.94. The Bertz CT molecular complexity index is 599. The summed E-state index contributed by atoms with van der Waals surface area (Å²) >= 11 is 12.2. The second kappa shape index (κ2) is 7.29. The van der Waals surface area contributed by atoms with Gasteiger partial charge in [0.1, 0.15) is 4.90 Å². The minimum Gasteiger partial charge on any atom is -0.316 e. The van der Waals surface area contributed by atoms with Crippen molar-refractivity contribution in [1.29, 1.82) is 0 Å². The van der Waals surface area contributed by atoms with Crippen LogP contribution in [0.2, 0.25) is 10.0 Å².